The highest BCUT2D eigenvalue weighted by Gasteiger charge is 2.02. The Hall–Kier alpha value is -0.610. The van der Waals surface area contributed by atoms with Crippen molar-refractivity contribution >= 4 is 5.91 Å². The summed E-state index contributed by atoms with van der Waals surface area (Å²) in [5, 5.41) is 9.49. The average molecular weight is 229 g/mol. The monoisotopic (exact) mass is 229 g/mol. The second-order valence-corrected chi connectivity index (χ2v) is 4.81. The fourth-order valence-electron chi connectivity index (χ4n) is 1.31. The molecule has 0 aliphatic heterocycles. The molecule has 96 valence electrons. The van der Waals surface area contributed by atoms with Gasteiger partial charge in [-0.1, -0.05) is 27.7 Å². The summed E-state index contributed by atoms with van der Waals surface area (Å²) in [5.41, 5.74) is 0. The minimum Gasteiger partial charge on any atom is -0.355 e. The number of hydrogen-bond acceptors (Lipinski definition) is 3. The smallest absolute Gasteiger partial charge is 0.220 e. The van der Waals surface area contributed by atoms with Gasteiger partial charge >= 0.3 is 0 Å². The third-order valence-corrected chi connectivity index (χ3v) is 2.07. The van der Waals surface area contributed by atoms with Gasteiger partial charge in [0, 0.05) is 38.6 Å². The van der Waals surface area contributed by atoms with Crippen molar-refractivity contribution in [1.29, 1.82) is 0 Å². The van der Waals surface area contributed by atoms with E-state index in [0.29, 0.717) is 24.9 Å². The Bertz CT molecular complexity index is 181. The molecular formula is C12H27N3O. The van der Waals surface area contributed by atoms with E-state index in [0.717, 1.165) is 19.6 Å². The van der Waals surface area contributed by atoms with Crippen molar-refractivity contribution in [3.8, 4) is 0 Å². The van der Waals surface area contributed by atoms with Crippen LogP contribution in [0.2, 0.25) is 0 Å². The molecule has 1 amide bonds. The molecule has 3 N–H and O–H groups in total. The molecule has 0 heterocycles. The Morgan fingerprint density at radius 3 is 2.19 bits per heavy atom. The van der Waals surface area contributed by atoms with Crippen LogP contribution in [0.3, 0.4) is 0 Å². The normalized spacial score (nSPS) is 11.1. The zero-order chi connectivity index (χ0) is 12.4. The number of nitrogens with one attached hydrogen (secondary N) is 3. The van der Waals surface area contributed by atoms with Crippen LogP contribution in [-0.4, -0.2) is 38.1 Å². The van der Waals surface area contributed by atoms with Crippen LogP contribution in [0.15, 0.2) is 0 Å². The van der Waals surface area contributed by atoms with E-state index in [4.69, 9.17) is 0 Å². The van der Waals surface area contributed by atoms with Gasteiger partial charge in [-0.05, 0) is 5.92 Å². The van der Waals surface area contributed by atoms with Gasteiger partial charge in [-0.3, -0.25) is 4.79 Å². The van der Waals surface area contributed by atoms with E-state index in [2.05, 4.69) is 43.6 Å². The van der Waals surface area contributed by atoms with Crippen molar-refractivity contribution < 1.29 is 4.79 Å². The van der Waals surface area contributed by atoms with Crippen LogP contribution in [0.25, 0.3) is 0 Å². The van der Waals surface area contributed by atoms with Crippen LogP contribution in [0, 0.1) is 5.92 Å². The van der Waals surface area contributed by atoms with E-state index < -0.39 is 0 Å². The summed E-state index contributed by atoms with van der Waals surface area (Å²) >= 11 is 0. The molecule has 0 unspecified atom stereocenters. The Kier molecular flexibility index (Phi) is 9.24. The van der Waals surface area contributed by atoms with E-state index in [1.54, 1.807) is 0 Å². The van der Waals surface area contributed by atoms with Gasteiger partial charge in [0.25, 0.3) is 0 Å². The van der Waals surface area contributed by atoms with Gasteiger partial charge in [-0.2, -0.15) is 0 Å². The second-order valence-electron chi connectivity index (χ2n) is 4.81. The number of carbonyl (C=O) groups is 1. The molecule has 0 bridgehead atoms. The Morgan fingerprint density at radius 2 is 1.62 bits per heavy atom. The highest BCUT2D eigenvalue weighted by Crippen LogP contribution is 1.97. The maximum absolute atomic E-state index is 11.3. The van der Waals surface area contributed by atoms with Crippen LogP contribution in [-0.2, 0) is 4.79 Å². The molecule has 0 fully saturated rings. The van der Waals surface area contributed by atoms with Gasteiger partial charge in [-0.25, -0.2) is 0 Å². The van der Waals surface area contributed by atoms with Gasteiger partial charge in [-0.15, -0.1) is 0 Å². The number of rotatable bonds is 9. The average Bonchev–Trinajstić information content (AvgIpc) is 2.14. The summed E-state index contributed by atoms with van der Waals surface area (Å²) in [4.78, 5) is 11.3. The van der Waals surface area contributed by atoms with Crippen molar-refractivity contribution in [1.82, 2.24) is 16.0 Å². The first kappa shape index (κ1) is 15.4. The molecule has 0 saturated heterocycles. The van der Waals surface area contributed by atoms with Gasteiger partial charge in [0.15, 0.2) is 0 Å². The molecule has 16 heavy (non-hydrogen) atoms. The van der Waals surface area contributed by atoms with Gasteiger partial charge in [0.05, 0.1) is 0 Å². The number of carbonyl (C=O) groups excluding carboxylic acids is 1. The number of hydrogen-bond donors (Lipinski definition) is 3. The molecule has 0 saturated carbocycles. The summed E-state index contributed by atoms with van der Waals surface area (Å²) < 4.78 is 0. The van der Waals surface area contributed by atoms with Crippen molar-refractivity contribution in [2.45, 2.75) is 40.2 Å². The molecule has 0 aromatic heterocycles. The molecular weight excluding hydrogens is 202 g/mol. The summed E-state index contributed by atoms with van der Waals surface area (Å²) in [6, 6.07) is 0.535. The summed E-state index contributed by atoms with van der Waals surface area (Å²) in [6.45, 7) is 11.8. The van der Waals surface area contributed by atoms with E-state index in [-0.39, 0.29) is 5.91 Å². The maximum atomic E-state index is 11.3. The summed E-state index contributed by atoms with van der Waals surface area (Å²) in [6.07, 6.45) is 0.620. The topological polar surface area (TPSA) is 53.2 Å². The first-order valence-electron chi connectivity index (χ1n) is 6.23. The first-order chi connectivity index (χ1) is 7.52. The molecule has 0 aromatic carbocycles. The predicted octanol–water partition coefficient (Wildman–Crippen LogP) is 0.736. The van der Waals surface area contributed by atoms with Crippen molar-refractivity contribution in [3.05, 3.63) is 0 Å². The zero-order valence-electron chi connectivity index (χ0n) is 11.1. The Morgan fingerprint density at radius 1 is 1.00 bits per heavy atom. The lowest BCUT2D eigenvalue weighted by atomic mass is 10.1. The molecule has 4 nitrogen and oxygen atoms in total. The molecule has 0 aliphatic carbocycles. The predicted molar refractivity (Wildman–Crippen MR) is 68.5 cm³/mol. The lowest BCUT2D eigenvalue weighted by Crippen LogP contribution is -2.36. The first-order valence-corrected chi connectivity index (χ1v) is 6.23. The molecule has 0 radical (unpaired) electrons. The van der Waals surface area contributed by atoms with Crippen molar-refractivity contribution in [2.75, 3.05) is 26.2 Å². The molecule has 0 spiro atoms. The number of amides is 1. The van der Waals surface area contributed by atoms with Crippen LogP contribution in [0.1, 0.15) is 34.1 Å². The lowest BCUT2D eigenvalue weighted by Gasteiger charge is -2.10. The molecule has 0 aliphatic rings. The second kappa shape index (κ2) is 9.60. The molecule has 0 atom stereocenters. The molecule has 0 rings (SSSR count). The van der Waals surface area contributed by atoms with Gasteiger partial charge < -0.3 is 16.0 Å². The SMILES string of the molecule is CC(C)CC(=O)NCCNCCNC(C)C. The Labute approximate surface area is 99.6 Å². The third kappa shape index (κ3) is 11.5. The lowest BCUT2D eigenvalue weighted by molar-refractivity contribution is -0.121. The van der Waals surface area contributed by atoms with Crippen LogP contribution < -0.4 is 16.0 Å². The summed E-state index contributed by atoms with van der Waals surface area (Å²) in [7, 11) is 0. The van der Waals surface area contributed by atoms with E-state index in [9.17, 15) is 4.79 Å². The highest BCUT2D eigenvalue weighted by atomic mass is 16.1. The zero-order valence-corrected chi connectivity index (χ0v) is 11.1. The largest absolute Gasteiger partial charge is 0.355 e. The standard InChI is InChI=1S/C12H27N3O/c1-10(2)9-12(16)15-8-6-13-5-7-14-11(3)4/h10-11,13-14H,5-9H2,1-4H3,(H,15,16). The van der Waals surface area contributed by atoms with E-state index in [1.807, 2.05) is 0 Å². The van der Waals surface area contributed by atoms with Crippen LogP contribution >= 0.6 is 0 Å². The van der Waals surface area contributed by atoms with E-state index in [1.165, 1.54) is 0 Å². The minimum absolute atomic E-state index is 0.150. The quantitative estimate of drug-likeness (QED) is 0.511. The van der Waals surface area contributed by atoms with E-state index >= 15 is 0 Å². The van der Waals surface area contributed by atoms with Gasteiger partial charge in [0.1, 0.15) is 0 Å². The minimum atomic E-state index is 0.150. The highest BCUT2D eigenvalue weighted by molar-refractivity contribution is 5.75. The third-order valence-electron chi connectivity index (χ3n) is 2.07. The van der Waals surface area contributed by atoms with Gasteiger partial charge in [0.2, 0.25) is 5.91 Å². The van der Waals surface area contributed by atoms with Crippen molar-refractivity contribution in [2.24, 2.45) is 5.92 Å². The van der Waals surface area contributed by atoms with Crippen LogP contribution in [0.4, 0.5) is 0 Å². The maximum Gasteiger partial charge on any atom is 0.220 e. The molecule has 0 aromatic rings. The Balaban J connectivity index is 3.18. The summed E-state index contributed by atoms with van der Waals surface area (Å²) in [5.74, 6) is 0.584. The fraction of sp³-hybridized carbons (Fsp3) is 0.917. The molecule has 4 heteroatoms. The van der Waals surface area contributed by atoms with Crippen LogP contribution in [0.5, 0.6) is 0 Å². The fourth-order valence-corrected chi connectivity index (χ4v) is 1.31. The van der Waals surface area contributed by atoms with Crippen molar-refractivity contribution in [3.63, 3.8) is 0 Å².